The van der Waals surface area contributed by atoms with E-state index in [9.17, 15) is 18.0 Å². The molecule has 4 rings (SSSR count). The van der Waals surface area contributed by atoms with Gasteiger partial charge in [-0.3, -0.25) is 9.69 Å². The summed E-state index contributed by atoms with van der Waals surface area (Å²) in [7, 11) is 3.25. The second-order valence-electron chi connectivity index (χ2n) is 7.85. The molecule has 1 spiro atoms. The molecule has 0 radical (unpaired) electrons. The molecule has 0 bridgehead atoms. The molecule has 0 saturated carbocycles. The number of ether oxygens (including phenoxy) is 1. The Labute approximate surface area is 178 Å². The van der Waals surface area contributed by atoms with Crippen molar-refractivity contribution in [2.45, 2.75) is 31.1 Å². The van der Waals surface area contributed by atoms with Crippen LogP contribution in [0.4, 0.5) is 13.2 Å². The van der Waals surface area contributed by atoms with Crippen LogP contribution in [0.3, 0.4) is 0 Å². The number of hydrogen-bond donors (Lipinski definition) is 0. The van der Waals surface area contributed by atoms with Gasteiger partial charge < -0.3 is 14.2 Å². The van der Waals surface area contributed by atoms with E-state index in [2.05, 4.69) is 16.5 Å². The summed E-state index contributed by atoms with van der Waals surface area (Å²) in [5, 5.41) is 0.703. The van der Waals surface area contributed by atoms with Crippen LogP contribution in [0.15, 0.2) is 30.3 Å². The van der Waals surface area contributed by atoms with Gasteiger partial charge in [-0.2, -0.15) is 13.2 Å². The van der Waals surface area contributed by atoms with Crippen molar-refractivity contribution in [3.8, 4) is 5.75 Å². The Kier molecular flexibility index (Phi) is 5.26. The molecule has 5 nitrogen and oxygen atoms in total. The summed E-state index contributed by atoms with van der Waals surface area (Å²) in [4.78, 5) is 16.9. The Morgan fingerprint density at radius 1 is 1.10 bits per heavy atom. The van der Waals surface area contributed by atoms with Crippen LogP contribution in [0.1, 0.15) is 34.5 Å². The molecule has 0 N–H and O–H groups in total. The quantitative estimate of drug-likeness (QED) is 0.699. The molecule has 0 unspecified atom stereocenters. The Morgan fingerprint density at radius 2 is 1.80 bits per heavy atom. The second kappa shape index (κ2) is 7.50. The van der Waals surface area contributed by atoms with Gasteiger partial charge in [-0.25, -0.2) is 0 Å². The lowest BCUT2D eigenvalue weighted by Gasteiger charge is -2.50. The molecule has 2 aliphatic heterocycles. The highest BCUT2D eigenvalue weighted by molar-refractivity contribution is 6.29. The first-order valence-electron chi connectivity index (χ1n) is 9.78. The van der Waals surface area contributed by atoms with Crippen LogP contribution in [0.2, 0.25) is 5.15 Å². The Hall–Kier alpha value is -2.19. The number of alkyl halides is 3. The van der Waals surface area contributed by atoms with Gasteiger partial charge in [0.2, 0.25) is 0 Å². The highest BCUT2D eigenvalue weighted by Gasteiger charge is 2.45. The van der Waals surface area contributed by atoms with E-state index in [1.165, 1.54) is 19.2 Å². The first-order valence-corrected chi connectivity index (χ1v) is 10.2. The lowest BCUT2D eigenvalue weighted by Crippen LogP contribution is -2.56. The molecule has 162 valence electrons. The summed E-state index contributed by atoms with van der Waals surface area (Å²) in [6, 6.07) is 7.40. The molecule has 1 fully saturated rings. The Balaban J connectivity index is 1.56. The van der Waals surface area contributed by atoms with E-state index in [-0.39, 0.29) is 16.9 Å². The van der Waals surface area contributed by atoms with Crippen LogP contribution in [0.25, 0.3) is 0 Å². The molecule has 0 atom stereocenters. The predicted octanol–water partition coefficient (Wildman–Crippen LogP) is 4.25. The van der Waals surface area contributed by atoms with Gasteiger partial charge in [0.05, 0.1) is 18.2 Å². The lowest BCUT2D eigenvalue weighted by molar-refractivity contribution is -0.138. The number of aromatic nitrogens is 1. The molecule has 30 heavy (non-hydrogen) atoms. The van der Waals surface area contributed by atoms with Crippen LogP contribution in [0.5, 0.6) is 5.75 Å². The minimum Gasteiger partial charge on any atom is -0.496 e. The minimum absolute atomic E-state index is 0.0162. The molecular formula is C21H23ClF3N3O2. The van der Waals surface area contributed by atoms with Crippen LogP contribution in [0, 0.1) is 0 Å². The third-order valence-corrected chi connectivity index (χ3v) is 6.75. The average molecular weight is 442 g/mol. The number of carbonyl (C=O) groups is 1. The fraction of sp³-hybridized carbons (Fsp3) is 0.476. The van der Waals surface area contributed by atoms with Crippen molar-refractivity contribution in [2.75, 3.05) is 33.8 Å². The van der Waals surface area contributed by atoms with Crippen molar-refractivity contribution in [1.29, 1.82) is 0 Å². The third kappa shape index (κ3) is 3.36. The number of hydrogen-bond acceptors (Lipinski definition) is 3. The molecule has 1 aromatic carbocycles. The zero-order valence-electron chi connectivity index (χ0n) is 16.8. The van der Waals surface area contributed by atoms with Gasteiger partial charge in [-0.15, -0.1) is 0 Å². The Bertz CT molecular complexity index is 965. The highest BCUT2D eigenvalue weighted by atomic mass is 35.5. The Morgan fingerprint density at radius 3 is 2.43 bits per heavy atom. The molecule has 3 heterocycles. The van der Waals surface area contributed by atoms with Gasteiger partial charge in [-0.1, -0.05) is 11.6 Å². The summed E-state index contributed by atoms with van der Waals surface area (Å²) in [5.41, 5.74) is -0.0115. The lowest BCUT2D eigenvalue weighted by atomic mass is 9.81. The highest BCUT2D eigenvalue weighted by Crippen LogP contribution is 2.42. The fourth-order valence-electron chi connectivity index (χ4n) is 4.70. The smallest absolute Gasteiger partial charge is 0.419 e. The number of benzene rings is 1. The maximum atomic E-state index is 13.3. The first kappa shape index (κ1) is 21.1. The van der Waals surface area contributed by atoms with Crippen molar-refractivity contribution >= 4 is 17.5 Å². The maximum absolute atomic E-state index is 13.3. The molecule has 1 amide bonds. The number of methoxy groups -OCH3 is 1. The number of likely N-dealkylation sites (N-methyl/N-ethyl adjacent to an activating group) is 1. The summed E-state index contributed by atoms with van der Waals surface area (Å²) in [6.45, 7) is 2.58. The summed E-state index contributed by atoms with van der Waals surface area (Å²) < 4.78 is 46.9. The zero-order chi connectivity index (χ0) is 21.7. The van der Waals surface area contributed by atoms with Crippen LogP contribution < -0.4 is 4.74 Å². The molecule has 0 aliphatic carbocycles. The number of amides is 1. The monoisotopic (exact) mass is 441 g/mol. The third-order valence-electron chi connectivity index (χ3n) is 6.42. The predicted molar refractivity (Wildman–Crippen MR) is 107 cm³/mol. The van der Waals surface area contributed by atoms with Gasteiger partial charge in [0.15, 0.2) is 0 Å². The number of halogens is 4. The summed E-state index contributed by atoms with van der Waals surface area (Å²) >= 11 is 6.32. The molecule has 1 saturated heterocycles. The number of rotatable bonds is 2. The number of nitrogens with zero attached hydrogens (tertiary/aromatic N) is 3. The average Bonchev–Trinajstić information content (AvgIpc) is 3.11. The van der Waals surface area contributed by atoms with Crippen molar-refractivity contribution in [3.63, 3.8) is 0 Å². The number of likely N-dealkylation sites (tertiary alicyclic amines) is 1. The number of piperidine rings is 1. The largest absolute Gasteiger partial charge is 0.496 e. The van der Waals surface area contributed by atoms with Crippen LogP contribution >= 0.6 is 11.6 Å². The van der Waals surface area contributed by atoms with E-state index in [4.69, 9.17) is 16.3 Å². The van der Waals surface area contributed by atoms with Crippen molar-refractivity contribution in [1.82, 2.24) is 14.4 Å². The first-order chi connectivity index (χ1) is 14.2. The number of carbonyl (C=O) groups excluding carboxylic acids is 1. The second-order valence-corrected chi connectivity index (χ2v) is 8.24. The van der Waals surface area contributed by atoms with E-state index in [1.54, 1.807) is 4.90 Å². The molecular weight excluding hydrogens is 419 g/mol. The summed E-state index contributed by atoms with van der Waals surface area (Å²) in [6.07, 6.45) is -3.21. The molecule has 9 heteroatoms. The maximum Gasteiger partial charge on any atom is 0.419 e. The van der Waals surface area contributed by atoms with Crippen molar-refractivity contribution in [3.05, 3.63) is 52.3 Å². The molecule has 2 aliphatic rings. The summed E-state index contributed by atoms with van der Waals surface area (Å²) in [5.74, 6) is -0.692. The normalized spacial score (nSPS) is 19.1. The fourth-order valence-corrected chi connectivity index (χ4v) is 4.94. The van der Waals surface area contributed by atoms with Crippen molar-refractivity contribution < 1.29 is 22.7 Å². The van der Waals surface area contributed by atoms with Gasteiger partial charge in [0.25, 0.3) is 5.91 Å². The van der Waals surface area contributed by atoms with E-state index < -0.39 is 17.6 Å². The van der Waals surface area contributed by atoms with E-state index in [1.807, 2.05) is 12.1 Å². The topological polar surface area (TPSA) is 37.7 Å². The van der Waals surface area contributed by atoms with Gasteiger partial charge in [0.1, 0.15) is 10.9 Å². The number of fused-ring (bicyclic) bond motifs is 2. The van der Waals surface area contributed by atoms with Gasteiger partial charge in [-0.05, 0) is 50.2 Å². The zero-order valence-corrected chi connectivity index (χ0v) is 17.6. The van der Waals surface area contributed by atoms with E-state index in [0.29, 0.717) is 31.1 Å². The molecule has 2 aromatic rings. The van der Waals surface area contributed by atoms with Gasteiger partial charge >= 0.3 is 6.18 Å². The SMILES string of the molecule is COc1ccc(C(=O)N2CCC3(CC2)c2ccc(Cl)n2CCN3C)cc1C(F)(F)F. The molecule has 1 aromatic heterocycles. The standard InChI is InChI=1S/C21H23ClF3N3O2/c1-26-11-12-28-17(5-6-18(28)22)20(26)7-9-27(10-8-20)19(29)14-3-4-16(30-2)15(13-14)21(23,24)25/h3-6,13H,7-12H2,1-2H3. The van der Waals surface area contributed by atoms with Crippen molar-refractivity contribution in [2.24, 2.45) is 0 Å². The van der Waals surface area contributed by atoms with Crippen LogP contribution in [-0.2, 0) is 18.3 Å². The van der Waals surface area contributed by atoms with Crippen LogP contribution in [-0.4, -0.2) is 54.1 Å². The van der Waals surface area contributed by atoms with E-state index in [0.717, 1.165) is 24.8 Å². The van der Waals surface area contributed by atoms with E-state index >= 15 is 0 Å². The minimum atomic E-state index is -4.59. The van der Waals surface area contributed by atoms with Gasteiger partial charge in [0, 0.05) is 37.4 Å².